The van der Waals surface area contributed by atoms with Crippen LogP contribution in [0.4, 0.5) is 0 Å². The standard InChI is InChI=1S/C53H36N2O2/c1-53(2)45-19-10-9-18-43(45)44-23-20-37(30-46(44)53)35-16-11-17-36(26-35)40-27-41(38-21-24-49-47(31-38)54-51(56-49)33-12-5-3-6-13-33)29-42(28-40)39-22-25-50-48(32-39)55-52(57-50)34-14-7-4-8-15-34/h3-32H,1-2H3. The van der Waals surface area contributed by atoms with Crippen LogP contribution in [0.1, 0.15) is 25.0 Å². The number of benzene rings is 8. The molecule has 0 saturated heterocycles. The van der Waals surface area contributed by atoms with Crippen molar-refractivity contribution >= 4 is 22.2 Å². The minimum absolute atomic E-state index is 0.0671. The highest BCUT2D eigenvalue weighted by atomic mass is 16.4. The van der Waals surface area contributed by atoms with E-state index in [1.165, 1.54) is 33.4 Å². The topological polar surface area (TPSA) is 52.1 Å². The molecule has 0 saturated carbocycles. The van der Waals surface area contributed by atoms with Gasteiger partial charge in [0.15, 0.2) is 11.2 Å². The van der Waals surface area contributed by atoms with Crippen molar-refractivity contribution in [1.82, 2.24) is 9.97 Å². The average Bonchev–Trinajstić information content (AvgIpc) is 3.96. The molecular formula is C53H36N2O2. The second-order valence-electron chi connectivity index (χ2n) is 15.4. The summed E-state index contributed by atoms with van der Waals surface area (Å²) in [6.45, 7) is 4.67. The molecule has 8 aromatic carbocycles. The first kappa shape index (κ1) is 33.1. The minimum atomic E-state index is -0.0671. The number of rotatable bonds is 6. The molecule has 10 aromatic rings. The van der Waals surface area contributed by atoms with Gasteiger partial charge in [-0.2, -0.15) is 0 Å². The Hall–Kier alpha value is -7.30. The Morgan fingerprint density at radius 3 is 1.33 bits per heavy atom. The van der Waals surface area contributed by atoms with Crippen molar-refractivity contribution in [3.8, 4) is 78.5 Å². The molecule has 0 bridgehead atoms. The zero-order valence-corrected chi connectivity index (χ0v) is 31.5. The lowest BCUT2D eigenvalue weighted by Crippen LogP contribution is -2.14. The van der Waals surface area contributed by atoms with Gasteiger partial charge in [0.1, 0.15) is 11.0 Å². The molecule has 0 unspecified atom stereocenters. The van der Waals surface area contributed by atoms with E-state index < -0.39 is 0 Å². The molecule has 4 nitrogen and oxygen atoms in total. The molecule has 11 rings (SSSR count). The molecule has 0 radical (unpaired) electrons. The van der Waals surface area contributed by atoms with Gasteiger partial charge in [0, 0.05) is 16.5 Å². The van der Waals surface area contributed by atoms with Gasteiger partial charge in [-0.05, 0) is 146 Å². The highest BCUT2D eigenvalue weighted by Gasteiger charge is 2.35. The summed E-state index contributed by atoms with van der Waals surface area (Å²) >= 11 is 0. The first-order valence-electron chi connectivity index (χ1n) is 19.4. The first-order chi connectivity index (χ1) is 27.9. The van der Waals surface area contributed by atoms with Crippen LogP contribution < -0.4 is 0 Å². The van der Waals surface area contributed by atoms with Gasteiger partial charge >= 0.3 is 0 Å². The van der Waals surface area contributed by atoms with Crippen LogP contribution >= 0.6 is 0 Å². The summed E-state index contributed by atoms with van der Waals surface area (Å²) in [5.74, 6) is 1.23. The van der Waals surface area contributed by atoms with E-state index in [0.717, 1.165) is 66.7 Å². The molecule has 270 valence electrons. The zero-order chi connectivity index (χ0) is 38.1. The van der Waals surface area contributed by atoms with Crippen LogP contribution in [0.3, 0.4) is 0 Å². The fourth-order valence-electron chi connectivity index (χ4n) is 8.51. The number of aromatic nitrogens is 2. The van der Waals surface area contributed by atoms with Crippen LogP contribution in [0, 0.1) is 0 Å². The molecule has 0 N–H and O–H groups in total. The summed E-state index contributed by atoms with van der Waals surface area (Å²) in [6, 6.07) is 64.1. The third-order valence-corrected chi connectivity index (χ3v) is 11.5. The molecule has 1 aliphatic carbocycles. The minimum Gasteiger partial charge on any atom is -0.436 e. The predicted octanol–water partition coefficient (Wildman–Crippen LogP) is 14.3. The highest BCUT2D eigenvalue weighted by molar-refractivity contribution is 5.90. The third kappa shape index (κ3) is 5.68. The Morgan fingerprint density at radius 2 is 0.754 bits per heavy atom. The van der Waals surface area contributed by atoms with Crippen LogP contribution in [0.2, 0.25) is 0 Å². The average molecular weight is 733 g/mol. The fourth-order valence-corrected chi connectivity index (χ4v) is 8.51. The van der Waals surface area contributed by atoms with Crippen LogP contribution in [0.25, 0.3) is 101 Å². The maximum atomic E-state index is 6.19. The van der Waals surface area contributed by atoms with Gasteiger partial charge in [0.2, 0.25) is 11.8 Å². The van der Waals surface area contributed by atoms with Gasteiger partial charge in [0.25, 0.3) is 0 Å². The SMILES string of the molecule is CC1(C)c2ccccc2-c2ccc(-c3cccc(-c4cc(-c5ccc6oc(-c7ccccc7)nc6c5)cc(-c5ccc6oc(-c7ccccc7)nc6c5)c4)c3)cc21. The summed E-state index contributed by atoms with van der Waals surface area (Å²) in [7, 11) is 0. The molecule has 0 fully saturated rings. The summed E-state index contributed by atoms with van der Waals surface area (Å²) in [6.07, 6.45) is 0. The Labute approximate surface area is 330 Å². The van der Waals surface area contributed by atoms with Gasteiger partial charge in [-0.15, -0.1) is 0 Å². The van der Waals surface area contributed by atoms with Gasteiger partial charge in [-0.3, -0.25) is 0 Å². The summed E-state index contributed by atoms with van der Waals surface area (Å²) < 4.78 is 12.4. The van der Waals surface area contributed by atoms with Crippen LogP contribution in [-0.4, -0.2) is 9.97 Å². The van der Waals surface area contributed by atoms with E-state index >= 15 is 0 Å². The summed E-state index contributed by atoms with van der Waals surface area (Å²) in [5, 5.41) is 0. The van der Waals surface area contributed by atoms with Crippen molar-refractivity contribution in [3.63, 3.8) is 0 Å². The lowest BCUT2D eigenvalue weighted by molar-refractivity contribution is 0.619. The highest BCUT2D eigenvalue weighted by Crippen LogP contribution is 2.49. The first-order valence-corrected chi connectivity index (χ1v) is 19.4. The van der Waals surface area contributed by atoms with Crippen LogP contribution in [0.15, 0.2) is 191 Å². The van der Waals surface area contributed by atoms with Crippen molar-refractivity contribution < 1.29 is 8.83 Å². The van der Waals surface area contributed by atoms with E-state index in [1.807, 2.05) is 72.8 Å². The van der Waals surface area contributed by atoms with Gasteiger partial charge < -0.3 is 8.83 Å². The molecule has 4 heteroatoms. The molecule has 2 aromatic heterocycles. The molecule has 0 atom stereocenters. The Balaban J connectivity index is 1.03. The fraction of sp³-hybridized carbons (Fsp3) is 0.0566. The summed E-state index contributed by atoms with van der Waals surface area (Å²) in [5.41, 5.74) is 19.4. The maximum Gasteiger partial charge on any atom is 0.227 e. The molecular weight excluding hydrogens is 697 g/mol. The molecule has 0 amide bonds. The number of fused-ring (bicyclic) bond motifs is 5. The smallest absolute Gasteiger partial charge is 0.227 e. The van der Waals surface area contributed by atoms with Crippen molar-refractivity contribution in [2.45, 2.75) is 19.3 Å². The normalized spacial score (nSPS) is 12.9. The van der Waals surface area contributed by atoms with E-state index in [9.17, 15) is 0 Å². The molecule has 57 heavy (non-hydrogen) atoms. The lowest BCUT2D eigenvalue weighted by Gasteiger charge is -2.22. The van der Waals surface area contributed by atoms with Gasteiger partial charge in [0.05, 0.1) is 0 Å². The van der Waals surface area contributed by atoms with E-state index in [-0.39, 0.29) is 5.41 Å². The zero-order valence-electron chi connectivity index (χ0n) is 31.5. The van der Waals surface area contributed by atoms with E-state index in [1.54, 1.807) is 0 Å². The largest absolute Gasteiger partial charge is 0.436 e. The molecule has 2 heterocycles. The molecule has 0 aliphatic heterocycles. The van der Waals surface area contributed by atoms with Crippen LogP contribution in [-0.2, 0) is 5.41 Å². The van der Waals surface area contributed by atoms with Crippen LogP contribution in [0.5, 0.6) is 0 Å². The predicted molar refractivity (Wildman–Crippen MR) is 232 cm³/mol. The summed E-state index contributed by atoms with van der Waals surface area (Å²) in [4.78, 5) is 9.80. The second-order valence-corrected chi connectivity index (χ2v) is 15.4. The molecule has 1 aliphatic rings. The Bertz CT molecular complexity index is 3020. The van der Waals surface area contributed by atoms with Gasteiger partial charge in [-0.1, -0.05) is 117 Å². The van der Waals surface area contributed by atoms with Crippen molar-refractivity contribution in [3.05, 3.63) is 193 Å². The maximum absolute atomic E-state index is 6.19. The number of oxazole rings is 2. The number of hydrogen-bond acceptors (Lipinski definition) is 4. The van der Waals surface area contributed by atoms with E-state index in [4.69, 9.17) is 18.8 Å². The van der Waals surface area contributed by atoms with E-state index in [0.29, 0.717) is 11.8 Å². The van der Waals surface area contributed by atoms with Crippen molar-refractivity contribution in [2.24, 2.45) is 0 Å². The Kier molecular flexibility index (Phi) is 7.48. The van der Waals surface area contributed by atoms with Gasteiger partial charge in [-0.25, -0.2) is 9.97 Å². The number of hydrogen-bond donors (Lipinski definition) is 0. The van der Waals surface area contributed by atoms with Crippen molar-refractivity contribution in [1.29, 1.82) is 0 Å². The second kappa shape index (κ2) is 12.9. The molecule has 0 spiro atoms. The Morgan fingerprint density at radius 1 is 0.333 bits per heavy atom. The van der Waals surface area contributed by atoms with Crippen molar-refractivity contribution in [2.75, 3.05) is 0 Å². The monoisotopic (exact) mass is 732 g/mol. The number of nitrogens with zero attached hydrogens (tertiary/aromatic N) is 2. The van der Waals surface area contributed by atoms with E-state index in [2.05, 4.69) is 123 Å². The third-order valence-electron chi connectivity index (χ3n) is 11.5. The lowest BCUT2D eigenvalue weighted by atomic mass is 9.81. The quantitative estimate of drug-likeness (QED) is 0.171.